The Kier molecular flexibility index (Phi) is 4.93. The smallest absolute Gasteiger partial charge is 0.252 e. The van der Waals surface area contributed by atoms with Gasteiger partial charge >= 0.3 is 0 Å². The first kappa shape index (κ1) is 13.5. The molecule has 1 amide bonds. The third kappa shape index (κ3) is 3.44. The molecule has 94 valence electrons. The molecule has 5 nitrogen and oxygen atoms in total. The molecular formula is C12H18N2O3. The predicted molar refractivity (Wildman–Crippen MR) is 65.0 cm³/mol. The number of benzene rings is 1. The summed E-state index contributed by atoms with van der Waals surface area (Å²) in [6.45, 7) is 2.36. The van der Waals surface area contributed by atoms with E-state index in [9.17, 15) is 9.90 Å². The van der Waals surface area contributed by atoms with Gasteiger partial charge in [0, 0.05) is 24.8 Å². The van der Waals surface area contributed by atoms with Crippen molar-refractivity contribution >= 4 is 5.91 Å². The van der Waals surface area contributed by atoms with Crippen molar-refractivity contribution in [3.05, 3.63) is 29.3 Å². The van der Waals surface area contributed by atoms with Crippen molar-refractivity contribution in [2.24, 2.45) is 5.73 Å². The highest BCUT2D eigenvalue weighted by atomic mass is 16.5. The van der Waals surface area contributed by atoms with E-state index in [4.69, 9.17) is 10.5 Å². The molecule has 17 heavy (non-hydrogen) atoms. The second-order valence-corrected chi connectivity index (χ2v) is 3.81. The summed E-state index contributed by atoms with van der Waals surface area (Å²) in [6.07, 6.45) is 0. The lowest BCUT2D eigenvalue weighted by molar-refractivity contribution is 0.0899. The van der Waals surface area contributed by atoms with Crippen molar-refractivity contribution in [1.29, 1.82) is 0 Å². The first-order valence-corrected chi connectivity index (χ1v) is 5.38. The lowest BCUT2D eigenvalue weighted by Gasteiger charge is -2.16. The number of carbonyl (C=O) groups is 1. The van der Waals surface area contributed by atoms with E-state index in [2.05, 4.69) is 5.32 Å². The van der Waals surface area contributed by atoms with Crippen molar-refractivity contribution < 1.29 is 14.6 Å². The summed E-state index contributed by atoms with van der Waals surface area (Å²) < 4.78 is 4.94. The fraction of sp³-hybridized carbons (Fsp3) is 0.417. The number of rotatable bonds is 5. The summed E-state index contributed by atoms with van der Waals surface area (Å²) in [5.74, 6) is -0.153. The van der Waals surface area contributed by atoms with Crippen LogP contribution in [0.2, 0.25) is 0 Å². The normalized spacial score (nSPS) is 12.2. The molecule has 1 atom stereocenters. The number of ether oxygens (including phenoxy) is 1. The summed E-state index contributed by atoms with van der Waals surface area (Å²) in [5, 5.41) is 12.3. The van der Waals surface area contributed by atoms with Gasteiger partial charge in [-0.1, -0.05) is 6.07 Å². The minimum absolute atomic E-state index is 0.105. The fourth-order valence-corrected chi connectivity index (χ4v) is 1.50. The van der Waals surface area contributed by atoms with Crippen LogP contribution in [0.5, 0.6) is 5.75 Å². The maximum atomic E-state index is 11.9. The second-order valence-electron chi connectivity index (χ2n) is 3.81. The Morgan fingerprint density at radius 3 is 2.88 bits per heavy atom. The molecule has 4 N–H and O–H groups in total. The van der Waals surface area contributed by atoms with Crippen LogP contribution in [0.25, 0.3) is 0 Å². The Morgan fingerprint density at radius 1 is 1.59 bits per heavy atom. The monoisotopic (exact) mass is 238 g/mol. The third-order valence-corrected chi connectivity index (χ3v) is 2.54. The van der Waals surface area contributed by atoms with Crippen LogP contribution >= 0.6 is 0 Å². The van der Waals surface area contributed by atoms with Gasteiger partial charge in [0.1, 0.15) is 5.75 Å². The van der Waals surface area contributed by atoms with Gasteiger partial charge in [0.15, 0.2) is 0 Å². The molecule has 1 aromatic rings. The highest BCUT2D eigenvalue weighted by Gasteiger charge is 2.15. The molecule has 5 heteroatoms. The number of phenolic OH excluding ortho intramolecular Hbond substituents is 1. The van der Waals surface area contributed by atoms with Crippen molar-refractivity contribution in [2.75, 3.05) is 20.3 Å². The molecule has 1 rings (SSSR count). The van der Waals surface area contributed by atoms with Crippen LogP contribution in [0.15, 0.2) is 18.2 Å². The van der Waals surface area contributed by atoms with E-state index in [1.807, 2.05) is 0 Å². The number of nitrogens with one attached hydrogen (secondary N) is 1. The van der Waals surface area contributed by atoms with E-state index in [-0.39, 0.29) is 17.7 Å². The van der Waals surface area contributed by atoms with Crippen LogP contribution in [0.4, 0.5) is 0 Å². The van der Waals surface area contributed by atoms with E-state index in [1.54, 1.807) is 32.2 Å². The topological polar surface area (TPSA) is 84.6 Å². The molecule has 0 spiro atoms. The van der Waals surface area contributed by atoms with Crippen LogP contribution in [-0.4, -0.2) is 37.3 Å². The highest BCUT2D eigenvalue weighted by molar-refractivity contribution is 5.96. The van der Waals surface area contributed by atoms with Crippen LogP contribution in [0.1, 0.15) is 15.9 Å². The molecule has 1 aromatic carbocycles. The zero-order chi connectivity index (χ0) is 12.8. The maximum absolute atomic E-state index is 11.9. The third-order valence-electron chi connectivity index (χ3n) is 2.54. The highest BCUT2D eigenvalue weighted by Crippen LogP contribution is 2.19. The average Bonchev–Trinajstić information content (AvgIpc) is 2.31. The molecular weight excluding hydrogens is 220 g/mol. The number of hydrogen-bond donors (Lipinski definition) is 3. The fourth-order valence-electron chi connectivity index (χ4n) is 1.50. The minimum Gasteiger partial charge on any atom is -0.508 e. The number of amides is 1. The average molecular weight is 238 g/mol. The van der Waals surface area contributed by atoms with Crippen LogP contribution in [0.3, 0.4) is 0 Å². The largest absolute Gasteiger partial charge is 0.508 e. The van der Waals surface area contributed by atoms with Gasteiger partial charge in [0.25, 0.3) is 5.91 Å². The Bertz CT molecular complexity index is 393. The quantitative estimate of drug-likeness (QED) is 0.693. The second kappa shape index (κ2) is 6.22. The molecule has 0 radical (unpaired) electrons. The Hall–Kier alpha value is -1.59. The van der Waals surface area contributed by atoms with Gasteiger partial charge in [-0.05, 0) is 19.1 Å². The number of aromatic hydroxyl groups is 1. The molecule has 0 fully saturated rings. The standard InChI is InChI=1S/C12H18N2O3/c1-8-10(4-3-5-11(8)15)12(16)14-9(6-13)7-17-2/h3-5,9,15H,6-7,13H2,1-2H3,(H,14,16). The van der Waals surface area contributed by atoms with E-state index in [1.165, 1.54) is 0 Å². The van der Waals surface area contributed by atoms with Gasteiger partial charge in [-0.2, -0.15) is 0 Å². The molecule has 0 aliphatic heterocycles. The minimum atomic E-state index is -0.258. The first-order valence-electron chi connectivity index (χ1n) is 5.38. The molecule has 0 saturated carbocycles. The molecule has 0 aliphatic rings. The summed E-state index contributed by atoms with van der Waals surface area (Å²) in [7, 11) is 1.55. The number of methoxy groups -OCH3 is 1. The summed E-state index contributed by atoms with van der Waals surface area (Å²) >= 11 is 0. The lowest BCUT2D eigenvalue weighted by atomic mass is 10.1. The van der Waals surface area contributed by atoms with E-state index < -0.39 is 0 Å². The maximum Gasteiger partial charge on any atom is 0.252 e. The predicted octanol–water partition coefficient (Wildman–Crippen LogP) is 0.404. The van der Waals surface area contributed by atoms with Gasteiger partial charge in [-0.25, -0.2) is 0 Å². The SMILES string of the molecule is COCC(CN)NC(=O)c1cccc(O)c1C. The molecule has 0 bridgehead atoms. The zero-order valence-electron chi connectivity index (χ0n) is 10.1. The number of phenols is 1. The zero-order valence-corrected chi connectivity index (χ0v) is 10.1. The number of hydrogen-bond acceptors (Lipinski definition) is 4. The first-order chi connectivity index (χ1) is 8.10. The van der Waals surface area contributed by atoms with Crippen molar-refractivity contribution in [1.82, 2.24) is 5.32 Å². The van der Waals surface area contributed by atoms with Crippen molar-refractivity contribution in [3.8, 4) is 5.75 Å². The van der Waals surface area contributed by atoms with E-state index in [0.29, 0.717) is 24.3 Å². The van der Waals surface area contributed by atoms with Gasteiger partial charge in [-0.3, -0.25) is 4.79 Å². The van der Waals surface area contributed by atoms with Crippen molar-refractivity contribution in [2.45, 2.75) is 13.0 Å². The summed E-state index contributed by atoms with van der Waals surface area (Å²) in [5.41, 5.74) is 6.51. The van der Waals surface area contributed by atoms with Gasteiger partial charge in [0.2, 0.25) is 0 Å². The van der Waals surface area contributed by atoms with Crippen LogP contribution in [0, 0.1) is 6.92 Å². The Labute approximate surface area is 101 Å². The summed E-state index contributed by atoms with van der Waals surface area (Å²) in [4.78, 5) is 11.9. The van der Waals surface area contributed by atoms with Crippen LogP contribution in [-0.2, 0) is 4.74 Å². The van der Waals surface area contributed by atoms with Crippen molar-refractivity contribution in [3.63, 3.8) is 0 Å². The Balaban J connectivity index is 2.79. The molecule has 1 unspecified atom stereocenters. The Morgan fingerprint density at radius 2 is 2.29 bits per heavy atom. The van der Waals surface area contributed by atoms with Crippen LogP contribution < -0.4 is 11.1 Å². The van der Waals surface area contributed by atoms with Gasteiger partial charge in [0.05, 0.1) is 12.6 Å². The summed E-state index contributed by atoms with van der Waals surface area (Å²) in [6, 6.07) is 4.60. The molecule has 0 heterocycles. The number of carbonyl (C=O) groups excluding carboxylic acids is 1. The molecule has 0 saturated heterocycles. The lowest BCUT2D eigenvalue weighted by Crippen LogP contribution is -2.43. The van der Waals surface area contributed by atoms with Gasteiger partial charge < -0.3 is 20.9 Å². The van der Waals surface area contributed by atoms with E-state index >= 15 is 0 Å². The number of nitrogens with two attached hydrogens (primary N) is 1. The van der Waals surface area contributed by atoms with E-state index in [0.717, 1.165) is 0 Å². The van der Waals surface area contributed by atoms with Gasteiger partial charge in [-0.15, -0.1) is 0 Å². The molecule has 0 aromatic heterocycles. The molecule has 0 aliphatic carbocycles.